The van der Waals surface area contributed by atoms with Crippen LogP contribution in [0.1, 0.15) is 18.9 Å². The summed E-state index contributed by atoms with van der Waals surface area (Å²) >= 11 is 0. The van der Waals surface area contributed by atoms with Gasteiger partial charge in [0.15, 0.2) is 5.71 Å². The molecule has 1 atom stereocenters. The Morgan fingerprint density at radius 2 is 2.19 bits per heavy atom. The van der Waals surface area contributed by atoms with Crippen LogP contribution in [0.5, 0.6) is 0 Å². The molecule has 0 N–H and O–H groups in total. The Hall–Kier alpha value is -2.74. The first-order valence-corrected chi connectivity index (χ1v) is 8.35. The van der Waals surface area contributed by atoms with E-state index in [0.717, 1.165) is 0 Å². The number of aromatic nitrogens is 2. The second-order valence-corrected chi connectivity index (χ2v) is 5.95. The number of benzene rings is 1. The molecule has 0 radical (unpaired) electrons. The van der Waals surface area contributed by atoms with Crippen LogP contribution in [0, 0.1) is 5.82 Å². The van der Waals surface area contributed by atoms with E-state index in [1.165, 1.54) is 12.1 Å². The second kappa shape index (κ2) is 7.65. The molecule has 1 aromatic heterocycles. The van der Waals surface area contributed by atoms with E-state index in [1.807, 2.05) is 34.9 Å². The molecule has 26 heavy (non-hydrogen) atoms. The van der Waals surface area contributed by atoms with Crippen molar-refractivity contribution in [2.45, 2.75) is 25.7 Å². The summed E-state index contributed by atoms with van der Waals surface area (Å²) in [6.45, 7) is 2.86. The molecule has 0 saturated carbocycles. The largest absolute Gasteiger partial charge is 0.461 e. The van der Waals surface area contributed by atoms with Gasteiger partial charge in [-0.05, 0) is 31.2 Å². The number of nitrogens with zero attached hydrogens (tertiary/aromatic N) is 3. The first-order chi connectivity index (χ1) is 12.5. The molecule has 1 aromatic carbocycles. The monoisotopic (exact) mass is 362 g/mol. The number of ether oxygens (including phenoxy) is 2. The molecule has 8 heteroatoms. The fourth-order valence-corrected chi connectivity index (χ4v) is 2.71. The SMILES string of the molecule is CCOC(=O)C1=NOC(OCCn2cc[n+](C)c2)(c2ccc(F)cc2)C1. The molecule has 0 spiro atoms. The fourth-order valence-electron chi connectivity index (χ4n) is 2.71. The molecule has 138 valence electrons. The van der Waals surface area contributed by atoms with Crippen molar-refractivity contribution in [1.82, 2.24) is 4.57 Å². The zero-order valence-electron chi connectivity index (χ0n) is 14.7. The van der Waals surface area contributed by atoms with Crippen LogP contribution in [0.4, 0.5) is 4.39 Å². The number of aryl methyl sites for hydroxylation is 1. The van der Waals surface area contributed by atoms with Gasteiger partial charge in [-0.1, -0.05) is 5.16 Å². The lowest BCUT2D eigenvalue weighted by molar-refractivity contribution is -0.671. The van der Waals surface area contributed by atoms with Crippen LogP contribution >= 0.6 is 0 Å². The molecule has 0 bridgehead atoms. The van der Waals surface area contributed by atoms with Crippen LogP contribution in [0.3, 0.4) is 0 Å². The van der Waals surface area contributed by atoms with Crippen LogP contribution in [-0.4, -0.2) is 29.5 Å². The van der Waals surface area contributed by atoms with Gasteiger partial charge in [0.05, 0.1) is 26.7 Å². The highest BCUT2D eigenvalue weighted by atomic mass is 19.1. The quantitative estimate of drug-likeness (QED) is 0.555. The molecule has 0 saturated heterocycles. The van der Waals surface area contributed by atoms with Crippen LogP contribution < -0.4 is 4.57 Å². The summed E-state index contributed by atoms with van der Waals surface area (Å²) in [6.07, 6.45) is 5.86. The van der Waals surface area contributed by atoms with Gasteiger partial charge in [0.25, 0.3) is 5.79 Å². The minimum Gasteiger partial charge on any atom is -0.461 e. The van der Waals surface area contributed by atoms with Gasteiger partial charge in [-0.25, -0.2) is 18.3 Å². The topological polar surface area (TPSA) is 65.9 Å². The Balaban J connectivity index is 1.74. The number of oxime groups is 1. The van der Waals surface area contributed by atoms with Crippen LogP contribution in [-0.2, 0) is 38.5 Å². The van der Waals surface area contributed by atoms with E-state index in [0.29, 0.717) is 18.7 Å². The van der Waals surface area contributed by atoms with E-state index >= 15 is 0 Å². The number of halogens is 1. The summed E-state index contributed by atoms with van der Waals surface area (Å²) in [6, 6.07) is 5.76. The number of rotatable bonds is 7. The zero-order chi connectivity index (χ0) is 18.6. The minimum atomic E-state index is -1.27. The summed E-state index contributed by atoms with van der Waals surface area (Å²) in [5, 5.41) is 3.85. The van der Waals surface area contributed by atoms with Crippen LogP contribution in [0.25, 0.3) is 0 Å². The Kier molecular flexibility index (Phi) is 5.32. The molecule has 1 aliphatic heterocycles. The highest BCUT2D eigenvalue weighted by molar-refractivity contribution is 6.36. The van der Waals surface area contributed by atoms with Crippen LogP contribution in [0.2, 0.25) is 0 Å². The minimum absolute atomic E-state index is 0.0942. The Bertz CT molecular complexity index is 803. The first-order valence-electron chi connectivity index (χ1n) is 8.35. The molecule has 2 heterocycles. The predicted molar refractivity (Wildman–Crippen MR) is 89.4 cm³/mol. The normalized spacial score (nSPS) is 19.1. The van der Waals surface area contributed by atoms with Crippen LogP contribution in [0.15, 0.2) is 48.1 Å². The average Bonchev–Trinajstić information content (AvgIpc) is 3.23. The van der Waals surface area contributed by atoms with E-state index < -0.39 is 11.8 Å². The van der Waals surface area contributed by atoms with E-state index in [9.17, 15) is 9.18 Å². The maximum Gasteiger partial charge on any atom is 0.356 e. The van der Waals surface area contributed by atoms with Crippen molar-refractivity contribution in [1.29, 1.82) is 0 Å². The molecule has 1 unspecified atom stereocenters. The Morgan fingerprint density at radius 3 is 2.85 bits per heavy atom. The molecule has 0 amide bonds. The Labute approximate surface area is 150 Å². The van der Waals surface area contributed by atoms with Crippen molar-refractivity contribution < 1.29 is 28.1 Å². The average molecular weight is 362 g/mol. The van der Waals surface area contributed by atoms with Crippen molar-refractivity contribution in [3.05, 3.63) is 54.4 Å². The van der Waals surface area contributed by atoms with E-state index in [2.05, 4.69) is 5.16 Å². The third kappa shape index (κ3) is 3.91. The highest BCUT2D eigenvalue weighted by Crippen LogP contribution is 2.36. The summed E-state index contributed by atoms with van der Waals surface area (Å²) in [4.78, 5) is 17.5. The molecule has 0 fully saturated rings. The lowest BCUT2D eigenvalue weighted by Crippen LogP contribution is -2.33. The highest BCUT2D eigenvalue weighted by Gasteiger charge is 2.45. The third-order valence-corrected chi connectivity index (χ3v) is 4.01. The van der Waals surface area contributed by atoms with Crippen molar-refractivity contribution in [2.75, 3.05) is 13.2 Å². The maximum atomic E-state index is 13.3. The van der Waals surface area contributed by atoms with Gasteiger partial charge < -0.3 is 14.3 Å². The van der Waals surface area contributed by atoms with E-state index in [-0.39, 0.29) is 24.6 Å². The molecular weight excluding hydrogens is 341 g/mol. The zero-order valence-corrected chi connectivity index (χ0v) is 14.7. The maximum absolute atomic E-state index is 13.3. The number of carbonyl (C=O) groups excluding carboxylic acids is 1. The number of imidazole rings is 1. The fraction of sp³-hybridized carbons (Fsp3) is 0.389. The van der Waals surface area contributed by atoms with Crippen molar-refractivity contribution in [3.8, 4) is 0 Å². The van der Waals surface area contributed by atoms with Crippen molar-refractivity contribution in [3.63, 3.8) is 0 Å². The molecule has 7 nitrogen and oxygen atoms in total. The van der Waals surface area contributed by atoms with Crippen molar-refractivity contribution in [2.24, 2.45) is 12.2 Å². The van der Waals surface area contributed by atoms with Crippen molar-refractivity contribution >= 4 is 11.7 Å². The van der Waals surface area contributed by atoms with Gasteiger partial charge in [-0.2, -0.15) is 0 Å². The standard InChI is InChI=1S/C18H21FN3O4/c1-3-24-17(23)16-12-18(26-20-16,14-4-6-15(19)7-5-14)25-11-10-22-9-8-21(2)13-22/h4-9,13H,3,10-12H2,1-2H3/q+1. The van der Waals surface area contributed by atoms with Gasteiger partial charge in [-0.15, -0.1) is 0 Å². The lowest BCUT2D eigenvalue weighted by atomic mass is 10.00. The number of esters is 1. The van der Waals surface area contributed by atoms with E-state index in [4.69, 9.17) is 14.3 Å². The molecular formula is C18H21FN3O4+. The smallest absolute Gasteiger partial charge is 0.356 e. The van der Waals surface area contributed by atoms with Gasteiger partial charge in [0.2, 0.25) is 6.33 Å². The van der Waals surface area contributed by atoms with Gasteiger partial charge in [0.1, 0.15) is 24.8 Å². The second-order valence-electron chi connectivity index (χ2n) is 5.95. The summed E-state index contributed by atoms with van der Waals surface area (Å²) in [7, 11) is 1.93. The Morgan fingerprint density at radius 1 is 1.42 bits per heavy atom. The van der Waals surface area contributed by atoms with E-state index in [1.54, 1.807) is 19.1 Å². The molecule has 0 aliphatic carbocycles. The number of hydrogen-bond donors (Lipinski definition) is 0. The first kappa shape index (κ1) is 18.1. The molecule has 3 rings (SSSR count). The van der Waals surface area contributed by atoms with Gasteiger partial charge >= 0.3 is 5.97 Å². The molecule has 2 aromatic rings. The third-order valence-electron chi connectivity index (χ3n) is 4.01. The summed E-state index contributed by atoms with van der Waals surface area (Å²) in [5.41, 5.74) is 0.726. The summed E-state index contributed by atoms with van der Waals surface area (Å²) in [5.74, 6) is -2.18. The number of hydrogen-bond acceptors (Lipinski definition) is 5. The molecule has 1 aliphatic rings. The summed E-state index contributed by atoms with van der Waals surface area (Å²) < 4.78 is 28.1. The lowest BCUT2D eigenvalue weighted by Gasteiger charge is -2.26. The number of carbonyl (C=O) groups is 1. The van der Waals surface area contributed by atoms with Gasteiger partial charge in [0, 0.05) is 5.56 Å². The van der Waals surface area contributed by atoms with Gasteiger partial charge in [-0.3, -0.25) is 0 Å². The predicted octanol–water partition coefficient (Wildman–Crippen LogP) is 1.66.